The van der Waals surface area contributed by atoms with Gasteiger partial charge in [-0.2, -0.15) is 0 Å². The van der Waals surface area contributed by atoms with Crippen LogP contribution in [0.5, 0.6) is 0 Å². The average molecular weight is 303 g/mol. The molecule has 0 saturated heterocycles. The summed E-state index contributed by atoms with van der Waals surface area (Å²) in [7, 11) is -1.68. The molecule has 116 valence electrons. The highest BCUT2D eigenvalue weighted by Crippen LogP contribution is 2.12. The fourth-order valence-corrected chi connectivity index (χ4v) is 2.88. The molecule has 20 heavy (non-hydrogen) atoms. The highest BCUT2D eigenvalue weighted by Gasteiger charge is 2.16. The number of aromatic nitrogens is 1. The standard InChI is InChI=1S/C13H25N3O3S/c1-11(2)10-19-6-4-5-15-20(17,18)13-7-12(8-14)16(3)9-13/h7,9,11,15H,4-6,8,10,14H2,1-3H3. The van der Waals surface area contributed by atoms with Crippen LogP contribution in [0, 0.1) is 5.92 Å². The van der Waals surface area contributed by atoms with E-state index < -0.39 is 10.0 Å². The Kier molecular flexibility index (Phi) is 6.67. The van der Waals surface area contributed by atoms with Crippen LogP contribution in [0.4, 0.5) is 0 Å². The van der Waals surface area contributed by atoms with Crippen molar-refractivity contribution in [2.45, 2.75) is 31.7 Å². The second-order valence-electron chi connectivity index (χ2n) is 5.20. The van der Waals surface area contributed by atoms with Crippen molar-refractivity contribution in [3.8, 4) is 0 Å². The molecular formula is C13H25N3O3S. The molecule has 1 aromatic heterocycles. The minimum Gasteiger partial charge on any atom is -0.381 e. The van der Waals surface area contributed by atoms with Gasteiger partial charge in [-0.25, -0.2) is 13.1 Å². The number of aryl methyl sites for hydroxylation is 1. The Balaban J connectivity index is 2.41. The summed E-state index contributed by atoms with van der Waals surface area (Å²) in [5.41, 5.74) is 6.32. The third-order valence-corrected chi connectivity index (χ3v) is 4.24. The minimum atomic E-state index is -3.46. The second kappa shape index (κ2) is 7.78. The lowest BCUT2D eigenvalue weighted by Gasteiger charge is -2.07. The Hall–Kier alpha value is -0.890. The van der Waals surface area contributed by atoms with E-state index in [2.05, 4.69) is 18.6 Å². The second-order valence-corrected chi connectivity index (χ2v) is 6.97. The first kappa shape index (κ1) is 17.2. The van der Waals surface area contributed by atoms with Crippen LogP contribution in [0.1, 0.15) is 26.0 Å². The third kappa shape index (κ3) is 5.24. The van der Waals surface area contributed by atoms with Gasteiger partial charge in [0, 0.05) is 45.2 Å². The molecule has 0 bridgehead atoms. The monoisotopic (exact) mass is 303 g/mol. The van der Waals surface area contributed by atoms with Gasteiger partial charge in [0.1, 0.15) is 0 Å². The van der Waals surface area contributed by atoms with Crippen molar-refractivity contribution in [1.29, 1.82) is 0 Å². The van der Waals surface area contributed by atoms with E-state index in [4.69, 9.17) is 10.5 Å². The van der Waals surface area contributed by atoms with Gasteiger partial charge >= 0.3 is 0 Å². The molecule has 0 spiro atoms. The summed E-state index contributed by atoms with van der Waals surface area (Å²) in [4.78, 5) is 0.253. The maximum Gasteiger partial charge on any atom is 0.242 e. The molecule has 0 saturated carbocycles. The first-order valence-electron chi connectivity index (χ1n) is 6.79. The number of sulfonamides is 1. The van der Waals surface area contributed by atoms with E-state index in [1.54, 1.807) is 23.9 Å². The zero-order valence-corrected chi connectivity index (χ0v) is 13.2. The lowest BCUT2D eigenvalue weighted by atomic mass is 10.2. The summed E-state index contributed by atoms with van der Waals surface area (Å²) < 4.78 is 33.8. The maximum absolute atomic E-state index is 12.0. The predicted octanol–water partition coefficient (Wildman–Crippen LogP) is 0.825. The molecule has 3 N–H and O–H groups in total. The van der Waals surface area contributed by atoms with Crippen LogP contribution in [-0.4, -0.2) is 32.7 Å². The van der Waals surface area contributed by atoms with E-state index in [-0.39, 0.29) is 4.90 Å². The molecular weight excluding hydrogens is 278 g/mol. The Labute approximate surface area is 121 Å². The van der Waals surface area contributed by atoms with E-state index >= 15 is 0 Å². The summed E-state index contributed by atoms with van der Waals surface area (Å²) in [5.74, 6) is 0.491. The summed E-state index contributed by atoms with van der Waals surface area (Å²) >= 11 is 0. The van der Waals surface area contributed by atoms with Crippen LogP contribution in [0.2, 0.25) is 0 Å². The van der Waals surface area contributed by atoms with E-state index in [1.165, 1.54) is 0 Å². The van der Waals surface area contributed by atoms with Gasteiger partial charge in [0.05, 0.1) is 4.90 Å². The molecule has 7 heteroatoms. The van der Waals surface area contributed by atoms with Gasteiger partial charge in [0.2, 0.25) is 10.0 Å². The zero-order chi connectivity index (χ0) is 15.2. The number of hydrogen-bond donors (Lipinski definition) is 2. The SMILES string of the molecule is CC(C)COCCCNS(=O)(=O)c1cc(CN)n(C)c1. The van der Waals surface area contributed by atoms with E-state index in [0.717, 1.165) is 5.69 Å². The normalized spacial score (nSPS) is 12.2. The molecule has 1 heterocycles. The highest BCUT2D eigenvalue weighted by molar-refractivity contribution is 7.89. The van der Waals surface area contributed by atoms with Crippen molar-refractivity contribution in [1.82, 2.24) is 9.29 Å². The lowest BCUT2D eigenvalue weighted by molar-refractivity contribution is 0.108. The van der Waals surface area contributed by atoms with Gasteiger partial charge in [-0.1, -0.05) is 13.8 Å². The first-order chi connectivity index (χ1) is 9.36. The van der Waals surface area contributed by atoms with Gasteiger partial charge in [-0.3, -0.25) is 0 Å². The van der Waals surface area contributed by atoms with Gasteiger partial charge in [-0.05, 0) is 18.4 Å². The van der Waals surface area contributed by atoms with Crippen molar-refractivity contribution < 1.29 is 13.2 Å². The smallest absolute Gasteiger partial charge is 0.242 e. The molecule has 0 aliphatic carbocycles. The number of ether oxygens (including phenoxy) is 1. The van der Waals surface area contributed by atoms with Crippen molar-refractivity contribution in [3.05, 3.63) is 18.0 Å². The molecule has 0 amide bonds. The average Bonchev–Trinajstić information content (AvgIpc) is 2.75. The molecule has 0 radical (unpaired) electrons. The molecule has 1 aromatic rings. The van der Waals surface area contributed by atoms with Crippen LogP contribution in [0.25, 0.3) is 0 Å². The molecule has 0 aromatic carbocycles. The maximum atomic E-state index is 12.0. The number of rotatable bonds is 9. The van der Waals surface area contributed by atoms with Crippen molar-refractivity contribution >= 4 is 10.0 Å². The molecule has 0 aliphatic heterocycles. The lowest BCUT2D eigenvalue weighted by Crippen LogP contribution is -2.25. The number of nitrogens with two attached hydrogens (primary N) is 1. The third-order valence-electron chi connectivity index (χ3n) is 2.81. The van der Waals surface area contributed by atoms with E-state index in [9.17, 15) is 8.42 Å². The Bertz CT molecular complexity index is 509. The molecule has 1 rings (SSSR count). The topological polar surface area (TPSA) is 86.3 Å². The predicted molar refractivity (Wildman–Crippen MR) is 78.8 cm³/mol. The summed E-state index contributed by atoms with van der Waals surface area (Å²) in [6.07, 6.45) is 2.22. The van der Waals surface area contributed by atoms with E-state index in [1.807, 2.05) is 0 Å². The summed E-state index contributed by atoms with van der Waals surface area (Å²) in [6, 6.07) is 1.59. The van der Waals surface area contributed by atoms with Crippen LogP contribution in [0.3, 0.4) is 0 Å². The molecule has 0 atom stereocenters. The Morgan fingerprint density at radius 2 is 2.15 bits per heavy atom. The van der Waals surface area contributed by atoms with Crippen LogP contribution in [0.15, 0.2) is 17.2 Å². The molecule has 0 aliphatic rings. The number of nitrogens with one attached hydrogen (secondary N) is 1. The van der Waals surface area contributed by atoms with Gasteiger partial charge in [0.15, 0.2) is 0 Å². The Morgan fingerprint density at radius 3 is 2.70 bits per heavy atom. The van der Waals surface area contributed by atoms with Gasteiger partial charge < -0.3 is 15.0 Å². The minimum absolute atomic E-state index is 0.253. The molecule has 0 fully saturated rings. The largest absolute Gasteiger partial charge is 0.381 e. The number of nitrogens with zero attached hydrogens (tertiary/aromatic N) is 1. The molecule has 0 unspecified atom stereocenters. The quantitative estimate of drug-likeness (QED) is 0.661. The van der Waals surface area contributed by atoms with Crippen LogP contribution in [-0.2, 0) is 28.4 Å². The zero-order valence-electron chi connectivity index (χ0n) is 12.4. The van der Waals surface area contributed by atoms with Crippen molar-refractivity contribution in [2.24, 2.45) is 18.7 Å². The van der Waals surface area contributed by atoms with Gasteiger partial charge in [0.25, 0.3) is 0 Å². The molecule has 6 nitrogen and oxygen atoms in total. The summed E-state index contributed by atoms with van der Waals surface area (Å²) in [6.45, 7) is 6.09. The van der Waals surface area contributed by atoms with Crippen LogP contribution < -0.4 is 10.5 Å². The van der Waals surface area contributed by atoms with Crippen LogP contribution >= 0.6 is 0 Å². The fraction of sp³-hybridized carbons (Fsp3) is 0.692. The Morgan fingerprint density at radius 1 is 1.45 bits per heavy atom. The summed E-state index contributed by atoms with van der Waals surface area (Å²) in [5, 5.41) is 0. The van der Waals surface area contributed by atoms with Gasteiger partial charge in [-0.15, -0.1) is 0 Å². The number of hydrogen-bond acceptors (Lipinski definition) is 4. The first-order valence-corrected chi connectivity index (χ1v) is 8.28. The van der Waals surface area contributed by atoms with Crippen molar-refractivity contribution in [2.75, 3.05) is 19.8 Å². The van der Waals surface area contributed by atoms with Crippen molar-refractivity contribution in [3.63, 3.8) is 0 Å². The van der Waals surface area contributed by atoms with E-state index in [0.29, 0.717) is 38.6 Å². The highest BCUT2D eigenvalue weighted by atomic mass is 32.2. The fourth-order valence-electron chi connectivity index (χ4n) is 1.71.